The molecule has 2 aromatic rings. The second-order valence-corrected chi connectivity index (χ2v) is 5.05. The van der Waals surface area contributed by atoms with Crippen LogP contribution < -0.4 is 5.32 Å². The molecule has 0 fully saturated rings. The molecule has 0 unspecified atom stereocenters. The minimum atomic E-state index is -0.551. The van der Waals surface area contributed by atoms with Crippen molar-refractivity contribution in [3.63, 3.8) is 0 Å². The fourth-order valence-corrected chi connectivity index (χ4v) is 2.19. The van der Waals surface area contributed by atoms with Gasteiger partial charge in [-0.3, -0.25) is 14.9 Å². The lowest BCUT2D eigenvalue weighted by atomic mass is 10.1. The number of aromatic amines is 1. The molecular weight excluding hydrogens is 326 g/mol. The van der Waals surface area contributed by atoms with E-state index in [0.29, 0.717) is 5.69 Å². The molecule has 0 atom stereocenters. The van der Waals surface area contributed by atoms with Gasteiger partial charge in [-0.2, -0.15) is 0 Å². The number of carbonyl (C=O) groups is 1. The van der Waals surface area contributed by atoms with E-state index in [1.807, 2.05) is 19.1 Å². The molecule has 6 nitrogen and oxygen atoms in total. The van der Waals surface area contributed by atoms with Gasteiger partial charge in [0.1, 0.15) is 5.69 Å². The average Bonchev–Trinajstić information content (AvgIpc) is 2.90. The second kappa shape index (κ2) is 5.87. The number of nitrogens with one attached hydrogen (secondary N) is 2. The van der Waals surface area contributed by atoms with E-state index in [1.165, 1.54) is 12.3 Å². The number of hydrogen-bond donors (Lipinski definition) is 2. The fraction of sp³-hybridized carbons (Fsp3) is 0.154. The van der Waals surface area contributed by atoms with Crippen LogP contribution in [0.15, 0.2) is 34.9 Å². The molecule has 0 saturated carbocycles. The number of anilines is 1. The van der Waals surface area contributed by atoms with Crippen molar-refractivity contribution < 1.29 is 9.72 Å². The second-order valence-electron chi connectivity index (χ2n) is 4.14. The molecule has 7 heteroatoms. The first-order valence-corrected chi connectivity index (χ1v) is 6.73. The molecule has 2 N–H and O–H groups in total. The average molecular weight is 338 g/mol. The van der Waals surface area contributed by atoms with Crippen molar-refractivity contribution in [3.05, 3.63) is 56.3 Å². The van der Waals surface area contributed by atoms with Gasteiger partial charge in [-0.05, 0) is 30.2 Å². The van der Waals surface area contributed by atoms with Gasteiger partial charge >= 0.3 is 0 Å². The zero-order valence-electron chi connectivity index (χ0n) is 10.6. The lowest BCUT2D eigenvalue weighted by molar-refractivity contribution is -0.384. The van der Waals surface area contributed by atoms with Crippen molar-refractivity contribution in [2.24, 2.45) is 0 Å². The molecule has 0 aliphatic rings. The Labute approximate surface area is 123 Å². The van der Waals surface area contributed by atoms with E-state index in [4.69, 9.17) is 0 Å². The van der Waals surface area contributed by atoms with Gasteiger partial charge in [-0.25, -0.2) is 0 Å². The molecule has 0 aliphatic heterocycles. The molecule has 0 radical (unpaired) electrons. The van der Waals surface area contributed by atoms with Crippen molar-refractivity contribution in [1.29, 1.82) is 0 Å². The van der Waals surface area contributed by atoms with Crippen LogP contribution in [-0.2, 0) is 6.42 Å². The maximum absolute atomic E-state index is 12.0. The first kappa shape index (κ1) is 14.3. The molecule has 1 heterocycles. The van der Waals surface area contributed by atoms with Crippen molar-refractivity contribution in [1.82, 2.24) is 4.98 Å². The van der Waals surface area contributed by atoms with Gasteiger partial charge in [-0.1, -0.05) is 22.9 Å². The van der Waals surface area contributed by atoms with E-state index < -0.39 is 10.8 Å². The SMILES string of the molecule is CCc1cc(Br)ccc1NC(=O)c1cc([N+](=O)[O-])c[nH]1. The smallest absolute Gasteiger partial charge is 0.287 e. The lowest BCUT2D eigenvalue weighted by Crippen LogP contribution is -2.13. The Kier molecular flexibility index (Phi) is 4.19. The molecule has 0 saturated heterocycles. The van der Waals surface area contributed by atoms with Crippen LogP contribution in [0.5, 0.6) is 0 Å². The normalized spacial score (nSPS) is 10.3. The highest BCUT2D eigenvalue weighted by Crippen LogP contribution is 2.22. The van der Waals surface area contributed by atoms with E-state index in [1.54, 1.807) is 6.07 Å². The zero-order chi connectivity index (χ0) is 14.7. The minimum Gasteiger partial charge on any atom is -0.351 e. The van der Waals surface area contributed by atoms with E-state index in [0.717, 1.165) is 16.5 Å². The Hall–Kier alpha value is -2.15. The maximum Gasteiger partial charge on any atom is 0.287 e. The Bertz CT molecular complexity index is 667. The molecule has 104 valence electrons. The van der Waals surface area contributed by atoms with E-state index in [2.05, 4.69) is 26.2 Å². The van der Waals surface area contributed by atoms with Gasteiger partial charge in [0, 0.05) is 16.2 Å². The molecule has 1 amide bonds. The minimum absolute atomic E-state index is 0.137. The summed E-state index contributed by atoms with van der Waals surface area (Å²) in [5, 5.41) is 13.3. The number of rotatable bonds is 4. The number of carbonyl (C=O) groups excluding carboxylic acids is 1. The molecule has 1 aromatic carbocycles. The highest BCUT2D eigenvalue weighted by Gasteiger charge is 2.15. The van der Waals surface area contributed by atoms with Crippen molar-refractivity contribution >= 4 is 33.2 Å². The third kappa shape index (κ3) is 3.05. The number of benzene rings is 1. The number of aryl methyl sites for hydroxylation is 1. The number of hydrogen-bond acceptors (Lipinski definition) is 3. The summed E-state index contributed by atoms with van der Waals surface area (Å²) >= 11 is 3.37. The third-order valence-electron chi connectivity index (χ3n) is 2.82. The monoisotopic (exact) mass is 337 g/mol. The van der Waals surface area contributed by atoms with E-state index in [-0.39, 0.29) is 11.4 Å². The number of halogens is 1. The van der Waals surface area contributed by atoms with E-state index in [9.17, 15) is 14.9 Å². The summed E-state index contributed by atoms with van der Waals surface area (Å²) in [6.45, 7) is 1.98. The van der Waals surface area contributed by atoms with E-state index >= 15 is 0 Å². The fourth-order valence-electron chi connectivity index (χ4n) is 1.79. The summed E-state index contributed by atoms with van der Waals surface area (Å²) in [4.78, 5) is 24.6. The van der Waals surface area contributed by atoms with Gasteiger partial charge < -0.3 is 10.3 Å². The van der Waals surface area contributed by atoms with Crippen LogP contribution in [0, 0.1) is 10.1 Å². The third-order valence-corrected chi connectivity index (χ3v) is 3.31. The van der Waals surface area contributed by atoms with Crippen molar-refractivity contribution in [2.45, 2.75) is 13.3 Å². The summed E-state index contributed by atoms with van der Waals surface area (Å²) in [7, 11) is 0. The topological polar surface area (TPSA) is 88.0 Å². The summed E-state index contributed by atoms with van der Waals surface area (Å²) in [5.41, 5.74) is 1.69. The molecule has 2 rings (SSSR count). The summed E-state index contributed by atoms with van der Waals surface area (Å²) in [6, 6.07) is 6.75. The number of nitro groups is 1. The molecule has 0 bridgehead atoms. The van der Waals surface area contributed by atoms with Crippen molar-refractivity contribution in [3.8, 4) is 0 Å². The van der Waals surface area contributed by atoms with Gasteiger partial charge in [0.25, 0.3) is 11.6 Å². The predicted octanol–water partition coefficient (Wildman–Crippen LogP) is 3.50. The van der Waals surface area contributed by atoms with Crippen LogP contribution in [0.3, 0.4) is 0 Å². The summed E-state index contributed by atoms with van der Waals surface area (Å²) in [6.07, 6.45) is 1.96. The van der Waals surface area contributed by atoms with Crippen LogP contribution in [0.25, 0.3) is 0 Å². The molecule has 1 aromatic heterocycles. The quantitative estimate of drug-likeness (QED) is 0.661. The lowest BCUT2D eigenvalue weighted by Gasteiger charge is -2.09. The number of H-pyrrole nitrogens is 1. The molecule has 0 spiro atoms. The van der Waals surface area contributed by atoms with Crippen LogP contribution in [0.1, 0.15) is 23.0 Å². The first-order chi connectivity index (χ1) is 9.51. The van der Waals surface area contributed by atoms with Gasteiger partial charge in [-0.15, -0.1) is 0 Å². The summed E-state index contributed by atoms with van der Waals surface area (Å²) in [5.74, 6) is -0.407. The van der Waals surface area contributed by atoms with Crippen LogP contribution in [-0.4, -0.2) is 15.8 Å². The maximum atomic E-state index is 12.0. The number of aromatic nitrogens is 1. The summed E-state index contributed by atoms with van der Waals surface area (Å²) < 4.78 is 0.933. The number of amides is 1. The highest BCUT2D eigenvalue weighted by atomic mass is 79.9. The molecular formula is C13H12BrN3O3. The van der Waals surface area contributed by atoms with Gasteiger partial charge in [0.2, 0.25) is 0 Å². The van der Waals surface area contributed by atoms with Crippen LogP contribution in [0.2, 0.25) is 0 Å². The van der Waals surface area contributed by atoms with Crippen LogP contribution in [0.4, 0.5) is 11.4 Å². The van der Waals surface area contributed by atoms with Crippen molar-refractivity contribution in [2.75, 3.05) is 5.32 Å². The Morgan fingerprint density at radius 3 is 2.80 bits per heavy atom. The van der Waals surface area contributed by atoms with Gasteiger partial charge in [0.15, 0.2) is 0 Å². The standard InChI is InChI=1S/C13H12BrN3O3/c1-2-8-5-9(14)3-4-11(8)16-13(18)12-6-10(7-15-12)17(19)20/h3-7,15H,2H2,1H3,(H,16,18). The van der Waals surface area contributed by atoms with Gasteiger partial charge in [0.05, 0.1) is 11.1 Å². The Morgan fingerprint density at radius 1 is 1.45 bits per heavy atom. The number of nitrogens with zero attached hydrogens (tertiary/aromatic N) is 1. The van der Waals surface area contributed by atoms with Crippen LogP contribution >= 0.6 is 15.9 Å². The Balaban J connectivity index is 2.20. The first-order valence-electron chi connectivity index (χ1n) is 5.94. The zero-order valence-corrected chi connectivity index (χ0v) is 12.2. The molecule has 0 aliphatic carbocycles. The molecule has 20 heavy (non-hydrogen) atoms. The Morgan fingerprint density at radius 2 is 2.20 bits per heavy atom. The highest BCUT2D eigenvalue weighted by molar-refractivity contribution is 9.10. The largest absolute Gasteiger partial charge is 0.351 e. The predicted molar refractivity (Wildman–Crippen MR) is 78.9 cm³/mol.